The molecule has 2 aromatic rings. The first-order chi connectivity index (χ1) is 10.4. The molecule has 0 amide bonds. The van der Waals surface area contributed by atoms with Crippen molar-refractivity contribution in [3.8, 4) is 5.88 Å². The van der Waals surface area contributed by atoms with Gasteiger partial charge in [-0.3, -0.25) is 18.9 Å². The van der Waals surface area contributed by atoms with Gasteiger partial charge in [-0.2, -0.15) is 0 Å². The number of aliphatic imine (C=N–C) groups is 1. The van der Waals surface area contributed by atoms with Crippen LogP contribution in [-0.2, 0) is 14.1 Å². The predicted molar refractivity (Wildman–Crippen MR) is 88.8 cm³/mol. The van der Waals surface area contributed by atoms with E-state index in [4.69, 9.17) is 0 Å². The summed E-state index contributed by atoms with van der Waals surface area (Å²) in [5, 5.41) is 10.1. The molecule has 0 saturated heterocycles. The zero-order chi connectivity index (χ0) is 16.0. The minimum absolute atomic E-state index is 0.0545. The first-order valence-corrected chi connectivity index (χ1v) is 7.24. The lowest BCUT2D eigenvalue weighted by Crippen LogP contribution is -2.37. The molecule has 3 rings (SSSR count). The molecular formula is C15H12BrN3O3. The number of aromatic hydroxyl groups is 1. The predicted octanol–water partition coefficient (Wildman–Crippen LogP) is 1.81. The minimum Gasteiger partial charge on any atom is -0.494 e. The standard InChI is InChI=1S/C15H12BrN3O3/c1-18-13(20)11(14(21)19(2)15(18)22)5-8-7-17-12-4-3-9(16)6-10(8)12/h3-7,20H,1-2H3/b8-5-. The second kappa shape index (κ2) is 5.10. The van der Waals surface area contributed by atoms with Crippen LogP contribution in [0.5, 0.6) is 5.88 Å². The normalized spacial score (nSPS) is 14.6. The van der Waals surface area contributed by atoms with E-state index < -0.39 is 11.2 Å². The number of allylic oxidation sites excluding steroid dienone is 1. The number of benzene rings is 1. The van der Waals surface area contributed by atoms with Crippen molar-refractivity contribution in [2.24, 2.45) is 19.1 Å². The Morgan fingerprint density at radius 1 is 1.23 bits per heavy atom. The Morgan fingerprint density at radius 3 is 2.68 bits per heavy atom. The van der Waals surface area contributed by atoms with E-state index >= 15 is 0 Å². The largest absolute Gasteiger partial charge is 0.494 e. The second-order valence-electron chi connectivity index (χ2n) is 4.96. The fraction of sp³-hybridized carbons (Fsp3) is 0.133. The SMILES string of the molecule is Cn1c(O)c(/C=C2/C=Nc3ccc(Br)cc32)c(=O)n(C)c1=O. The van der Waals surface area contributed by atoms with Crippen LogP contribution >= 0.6 is 15.9 Å². The van der Waals surface area contributed by atoms with Crippen LogP contribution in [-0.4, -0.2) is 20.5 Å². The summed E-state index contributed by atoms with van der Waals surface area (Å²) in [4.78, 5) is 28.2. The molecule has 0 saturated carbocycles. The maximum atomic E-state index is 12.2. The van der Waals surface area contributed by atoms with Crippen molar-refractivity contribution in [3.63, 3.8) is 0 Å². The van der Waals surface area contributed by atoms with Crippen molar-refractivity contribution in [3.05, 3.63) is 54.6 Å². The van der Waals surface area contributed by atoms with Crippen LogP contribution in [0.25, 0.3) is 11.6 Å². The van der Waals surface area contributed by atoms with E-state index in [-0.39, 0.29) is 11.4 Å². The molecule has 22 heavy (non-hydrogen) atoms. The molecule has 0 radical (unpaired) electrons. The summed E-state index contributed by atoms with van der Waals surface area (Å²) in [5.41, 5.74) is 1.26. The monoisotopic (exact) mass is 361 g/mol. The van der Waals surface area contributed by atoms with Gasteiger partial charge in [0.1, 0.15) is 5.56 Å². The van der Waals surface area contributed by atoms with Gasteiger partial charge in [0.05, 0.1) is 5.69 Å². The van der Waals surface area contributed by atoms with Crippen LogP contribution in [0, 0.1) is 0 Å². The van der Waals surface area contributed by atoms with Gasteiger partial charge in [-0.25, -0.2) is 4.79 Å². The Morgan fingerprint density at radius 2 is 1.95 bits per heavy atom. The molecular weight excluding hydrogens is 350 g/mol. The van der Waals surface area contributed by atoms with Crippen molar-refractivity contribution < 1.29 is 5.11 Å². The second-order valence-corrected chi connectivity index (χ2v) is 5.88. The van der Waals surface area contributed by atoms with Crippen molar-refractivity contribution in [1.82, 2.24) is 9.13 Å². The molecule has 1 aromatic heterocycles. The molecule has 6 nitrogen and oxygen atoms in total. The summed E-state index contributed by atoms with van der Waals surface area (Å²) in [6.45, 7) is 0. The number of hydrogen-bond acceptors (Lipinski definition) is 4. The average molecular weight is 362 g/mol. The Balaban J connectivity index is 2.26. The minimum atomic E-state index is -0.576. The van der Waals surface area contributed by atoms with Crippen LogP contribution < -0.4 is 11.2 Å². The van der Waals surface area contributed by atoms with Crippen LogP contribution in [0.4, 0.5) is 5.69 Å². The smallest absolute Gasteiger partial charge is 0.333 e. The molecule has 0 fully saturated rings. The van der Waals surface area contributed by atoms with Gasteiger partial charge in [-0.1, -0.05) is 15.9 Å². The third-order valence-corrected chi connectivity index (χ3v) is 4.07. The molecule has 7 heteroatoms. The average Bonchev–Trinajstić information content (AvgIpc) is 2.90. The lowest BCUT2D eigenvalue weighted by molar-refractivity contribution is 0.410. The van der Waals surface area contributed by atoms with Crippen molar-refractivity contribution in [2.45, 2.75) is 0 Å². The summed E-state index contributed by atoms with van der Waals surface area (Å²) in [6.07, 6.45) is 3.17. The van der Waals surface area contributed by atoms with E-state index in [0.29, 0.717) is 5.57 Å². The van der Waals surface area contributed by atoms with Crippen molar-refractivity contribution in [2.75, 3.05) is 0 Å². The van der Waals surface area contributed by atoms with Gasteiger partial charge < -0.3 is 5.11 Å². The number of hydrogen-bond donors (Lipinski definition) is 1. The van der Waals surface area contributed by atoms with E-state index in [1.807, 2.05) is 18.2 Å². The van der Waals surface area contributed by atoms with E-state index in [1.54, 1.807) is 12.3 Å². The van der Waals surface area contributed by atoms with Gasteiger partial charge in [0.15, 0.2) is 0 Å². The molecule has 1 N–H and O–H groups in total. The number of rotatable bonds is 1. The third-order valence-electron chi connectivity index (χ3n) is 3.58. The Hall–Kier alpha value is -2.41. The van der Waals surface area contributed by atoms with E-state index in [1.165, 1.54) is 14.1 Å². The van der Waals surface area contributed by atoms with Gasteiger partial charge >= 0.3 is 5.69 Å². The molecule has 1 aromatic carbocycles. The lowest BCUT2D eigenvalue weighted by atomic mass is 10.1. The lowest BCUT2D eigenvalue weighted by Gasteiger charge is -2.08. The topological polar surface area (TPSA) is 76.6 Å². The van der Waals surface area contributed by atoms with E-state index in [9.17, 15) is 14.7 Å². The summed E-state index contributed by atoms with van der Waals surface area (Å²) in [5.74, 6) is -0.363. The molecule has 2 heterocycles. The highest BCUT2D eigenvalue weighted by Gasteiger charge is 2.17. The molecule has 0 spiro atoms. The Kier molecular flexibility index (Phi) is 3.37. The zero-order valence-corrected chi connectivity index (χ0v) is 13.5. The summed E-state index contributed by atoms with van der Waals surface area (Å²) in [6, 6.07) is 5.62. The van der Waals surface area contributed by atoms with E-state index in [2.05, 4.69) is 20.9 Å². The van der Waals surface area contributed by atoms with Crippen LogP contribution in [0.3, 0.4) is 0 Å². The van der Waals surface area contributed by atoms with Crippen LogP contribution in [0.2, 0.25) is 0 Å². The summed E-state index contributed by atoms with van der Waals surface area (Å²) < 4.78 is 2.88. The maximum Gasteiger partial charge on any atom is 0.333 e. The molecule has 0 unspecified atom stereocenters. The number of halogens is 1. The van der Waals surface area contributed by atoms with Gasteiger partial charge in [-0.15, -0.1) is 0 Å². The number of fused-ring (bicyclic) bond motifs is 1. The summed E-state index contributed by atoms with van der Waals surface area (Å²) >= 11 is 3.40. The number of nitrogens with zero attached hydrogens (tertiary/aromatic N) is 3. The van der Waals surface area contributed by atoms with Gasteiger partial charge in [0, 0.05) is 35.9 Å². The highest BCUT2D eigenvalue weighted by Crippen LogP contribution is 2.34. The molecule has 1 aliphatic rings. The summed E-state index contributed by atoms with van der Waals surface area (Å²) in [7, 11) is 2.78. The molecule has 0 aliphatic carbocycles. The highest BCUT2D eigenvalue weighted by molar-refractivity contribution is 9.10. The first kappa shape index (κ1) is 14.5. The van der Waals surface area contributed by atoms with E-state index in [0.717, 1.165) is 24.9 Å². The van der Waals surface area contributed by atoms with Gasteiger partial charge in [0.25, 0.3) is 5.56 Å². The Labute approximate surface area is 133 Å². The van der Waals surface area contributed by atoms with Crippen molar-refractivity contribution in [1.29, 1.82) is 0 Å². The molecule has 0 atom stereocenters. The van der Waals surface area contributed by atoms with Gasteiger partial charge in [0.2, 0.25) is 5.88 Å². The van der Waals surface area contributed by atoms with Crippen molar-refractivity contribution >= 4 is 39.5 Å². The highest BCUT2D eigenvalue weighted by atomic mass is 79.9. The first-order valence-electron chi connectivity index (χ1n) is 6.45. The van der Waals surface area contributed by atoms with Crippen LogP contribution in [0.1, 0.15) is 11.1 Å². The fourth-order valence-corrected chi connectivity index (χ4v) is 2.68. The van der Waals surface area contributed by atoms with Crippen LogP contribution in [0.15, 0.2) is 37.3 Å². The molecule has 1 aliphatic heterocycles. The van der Waals surface area contributed by atoms with Gasteiger partial charge in [-0.05, 0) is 24.3 Å². The zero-order valence-electron chi connectivity index (χ0n) is 11.9. The fourth-order valence-electron chi connectivity index (χ4n) is 2.32. The molecule has 112 valence electrons. The molecule has 0 bridgehead atoms. The Bertz CT molecular complexity index is 967. The third kappa shape index (κ3) is 2.14. The quantitative estimate of drug-likeness (QED) is 0.841. The number of aromatic nitrogens is 2. The maximum absolute atomic E-state index is 12.2.